The number of pyridine rings is 1. The summed E-state index contributed by atoms with van der Waals surface area (Å²) in [6.45, 7) is 6.18. The molecule has 0 amide bonds. The Morgan fingerprint density at radius 3 is 2.50 bits per heavy atom. The second kappa shape index (κ2) is 10.1. The Labute approximate surface area is 204 Å². The minimum atomic E-state index is -4.84. The molecule has 0 aliphatic rings. The average Bonchev–Trinajstić information content (AvgIpc) is 3.15. The third-order valence-electron chi connectivity index (χ3n) is 4.58. The molecule has 2 heterocycles. The van der Waals surface area contributed by atoms with E-state index < -0.39 is 31.7 Å². The number of halogens is 5. The fraction of sp³-hybridized carbons (Fsp3) is 0.350. The lowest BCUT2D eigenvalue weighted by molar-refractivity contribution is -0.137. The lowest BCUT2D eigenvalue weighted by Crippen LogP contribution is -2.17. The van der Waals surface area contributed by atoms with Gasteiger partial charge in [-0.25, -0.2) is 13.4 Å². The van der Waals surface area contributed by atoms with E-state index in [1.807, 2.05) is 20.8 Å². The molecule has 0 radical (unpaired) electrons. The van der Waals surface area contributed by atoms with Crippen molar-refractivity contribution in [3.8, 4) is 11.5 Å². The molecule has 0 spiro atoms. The van der Waals surface area contributed by atoms with E-state index in [2.05, 4.69) is 19.9 Å². The van der Waals surface area contributed by atoms with Gasteiger partial charge in [0.25, 0.3) is 10.0 Å². The molecule has 8 nitrogen and oxygen atoms in total. The zero-order valence-corrected chi connectivity index (χ0v) is 20.5. The molecule has 0 saturated carbocycles. The summed E-state index contributed by atoms with van der Waals surface area (Å²) < 4.78 is 75.1. The molecule has 184 valence electrons. The number of ether oxygens (including phenoxy) is 1. The SMILES string of the molecule is CCOCc1nnc(-c2ncc(Cl)cc2NS(=O)(=O)c2ccc(Cl)c(C(F)(F)F)c2)n1C(C)C. The van der Waals surface area contributed by atoms with Crippen LogP contribution in [0.4, 0.5) is 18.9 Å². The van der Waals surface area contributed by atoms with Gasteiger partial charge < -0.3 is 9.30 Å². The molecule has 1 N–H and O–H groups in total. The van der Waals surface area contributed by atoms with Crippen LogP contribution in [0.3, 0.4) is 0 Å². The monoisotopic (exact) mass is 537 g/mol. The summed E-state index contributed by atoms with van der Waals surface area (Å²) in [5, 5.41) is 7.73. The number of nitrogens with zero attached hydrogens (tertiary/aromatic N) is 4. The van der Waals surface area contributed by atoms with Crippen molar-refractivity contribution in [1.82, 2.24) is 19.7 Å². The Hall–Kier alpha value is -2.41. The molecule has 3 rings (SSSR count). The standard InChI is InChI=1S/C20H20Cl2F3N5O3S/c1-4-33-10-17-27-28-19(30(17)11(2)3)18-16(7-12(21)9-26-18)29-34(31,32)13-5-6-15(22)14(8-13)20(23,24)25/h5-9,11,29H,4,10H2,1-3H3. The van der Waals surface area contributed by atoms with Crippen LogP contribution >= 0.6 is 23.2 Å². The Balaban J connectivity index is 2.09. The second-order valence-electron chi connectivity index (χ2n) is 7.34. The molecule has 34 heavy (non-hydrogen) atoms. The molecule has 14 heteroatoms. The number of sulfonamides is 1. The maximum Gasteiger partial charge on any atom is 0.417 e. The third kappa shape index (κ3) is 5.62. The van der Waals surface area contributed by atoms with E-state index in [9.17, 15) is 21.6 Å². The highest BCUT2D eigenvalue weighted by Gasteiger charge is 2.35. The molecular formula is C20H20Cl2F3N5O3S. The maximum atomic E-state index is 13.2. The molecule has 0 aliphatic carbocycles. The number of alkyl halides is 3. The number of nitrogens with one attached hydrogen (secondary N) is 1. The first-order chi connectivity index (χ1) is 15.8. The molecule has 0 atom stereocenters. The average molecular weight is 538 g/mol. The highest BCUT2D eigenvalue weighted by Crippen LogP contribution is 2.37. The van der Waals surface area contributed by atoms with Gasteiger partial charge in [-0.2, -0.15) is 13.2 Å². The van der Waals surface area contributed by atoms with Crippen LogP contribution in [0, 0.1) is 0 Å². The molecule has 0 saturated heterocycles. The number of hydrogen-bond donors (Lipinski definition) is 1. The van der Waals surface area contributed by atoms with Crippen molar-refractivity contribution >= 4 is 38.9 Å². The van der Waals surface area contributed by atoms with Gasteiger partial charge >= 0.3 is 6.18 Å². The van der Waals surface area contributed by atoms with E-state index in [0.29, 0.717) is 18.5 Å². The Morgan fingerprint density at radius 2 is 1.88 bits per heavy atom. The van der Waals surface area contributed by atoms with Gasteiger partial charge in [0.15, 0.2) is 11.6 Å². The van der Waals surface area contributed by atoms with Crippen LogP contribution in [0.1, 0.15) is 38.2 Å². The molecule has 2 aromatic heterocycles. The van der Waals surface area contributed by atoms with Crippen LogP contribution in [-0.4, -0.2) is 34.8 Å². The summed E-state index contributed by atoms with van der Waals surface area (Å²) in [7, 11) is -4.49. The van der Waals surface area contributed by atoms with Crippen LogP contribution in [0.15, 0.2) is 35.4 Å². The van der Waals surface area contributed by atoms with E-state index >= 15 is 0 Å². The van der Waals surface area contributed by atoms with Crippen molar-refractivity contribution in [2.24, 2.45) is 0 Å². The first-order valence-corrected chi connectivity index (χ1v) is 12.2. The first-order valence-electron chi connectivity index (χ1n) is 9.92. The number of anilines is 1. The fourth-order valence-corrected chi connectivity index (χ4v) is 4.57. The Bertz CT molecular complexity index is 1300. The number of benzene rings is 1. The number of aromatic nitrogens is 4. The maximum absolute atomic E-state index is 13.2. The summed E-state index contributed by atoms with van der Waals surface area (Å²) in [6, 6.07) is 3.43. The van der Waals surface area contributed by atoms with Gasteiger partial charge in [0.2, 0.25) is 0 Å². The second-order valence-corrected chi connectivity index (χ2v) is 9.86. The van der Waals surface area contributed by atoms with Gasteiger partial charge in [-0.3, -0.25) is 4.72 Å². The normalized spacial score (nSPS) is 12.4. The highest BCUT2D eigenvalue weighted by atomic mass is 35.5. The van der Waals surface area contributed by atoms with Gasteiger partial charge in [0, 0.05) is 18.8 Å². The third-order valence-corrected chi connectivity index (χ3v) is 6.48. The Morgan fingerprint density at radius 1 is 1.18 bits per heavy atom. The number of hydrogen-bond acceptors (Lipinski definition) is 6. The minimum Gasteiger partial charge on any atom is -0.374 e. The lowest BCUT2D eigenvalue weighted by Gasteiger charge is -2.17. The van der Waals surface area contributed by atoms with E-state index in [1.54, 1.807) is 4.57 Å². The van der Waals surface area contributed by atoms with E-state index in [1.165, 1.54) is 12.3 Å². The van der Waals surface area contributed by atoms with Crippen LogP contribution in [-0.2, 0) is 27.5 Å². The molecule has 3 aromatic rings. The lowest BCUT2D eigenvalue weighted by atomic mass is 10.2. The smallest absolute Gasteiger partial charge is 0.374 e. The summed E-state index contributed by atoms with van der Waals surface area (Å²) in [5.74, 6) is 0.719. The zero-order chi connectivity index (χ0) is 25.3. The van der Waals surface area contributed by atoms with Crippen LogP contribution in [0.2, 0.25) is 10.0 Å². The van der Waals surface area contributed by atoms with Crippen LogP contribution in [0.5, 0.6) is 0 Å². The van der Waals surface area contributed by atoms with Gasteiger partial charge in [-0.1, -0.05) is 23.2 Å². The quantitative estimate of drug-likeness (QED) is 0.402. The largest absolute Gasteiger partial charge is 0.417 e. The summed E-state index contributed by atoms with van der Waals surface area (Å²) in [5.41, 5.74) is -1.28. The van der Waals surface area contributed by atoms with Crippen molar-refractivity contribution in [2.45, 2.75) is 44.5 Å². The van der Waals surface area contributed by atoms with Crippen molar-refractivity contribution in [3.63, 3.8) is 0 Å². The summed E-state index contributed by atoms with van der Waals surface area (Å²) in [6.07, 6.45) is -3.55. The van der Waals surface area contributed by atoms with Crippen molar-refractivity contribution in [2.75, 3.05) is 11.3 Å². The van der Waals surface area contributed by atoms with Crippen molar-refractivity contribution in [1.29, 1.82) is 0 Å². The van der Waals surface area contributed by atoms with Gasteiger partial charge in [-0.15, -0.1) is 10.2 Å². The van der Waals surface area contributed by atoms with Gasteiger partial charge in [-0.05, 0) is 45.0 Å². The molecular weight excluding hydrogens is 518 g/mol. The van der Waals surface area contributed by atoms with E-state index in [4.69, 9.17) is 27.9 Å². The molecule has 0 unspecified atom stereocenters. The topological polar surface area (TPSA) is 99.0 Å². The van der Waals surface area contributed by atoms with E-state index in [0.717, 1.165) is 12.1 Å². The zero-order valence-electron chi connectivity index (χ0n) is 18.2. The van der Waals surface area contributed by atoms with Crippen LogP contribution in [0.25, 0.3) is 11.5 Å². The summed E-state index contributed by atoms with van der Waals surface area (Å²) >= 11 is 11.6. The van der Waals surface area contributed by atoms with Crippen LogP contribution < -0.4 is 4.72 Å². The predicted octanol–water partition coefficient (Wildman–Crippen LogP) is 5.58. The fourth-order valence-electron chi connectivity index (χ4n) is 3.11. The summed E-state index contributed by atoms with van der Waals surface area (Å²) in [4.78, 5) is 3.57. The molecule has 0 bridgehead atoms. The number of rotatable bonds is 8. The van der Waals surface area contributed by atoms with Gasteiger partial charge in [0.05, 0.1) is 26.2 Å². The van der Waals surface area contributed by atoms with Gasteiger partial charge in [0.1, 0.15) is 12.3 Å². The minimum absolute atomic E-state index is 0.0851. The van der Waals surface area contributed by atoms with Crippen molar-refractivity contribution in [3.05, 3.63) is 51.9 Å². The molecule has 0 fully saturated rings. The first kappa shape index (κ1) is 26.2. The molecule has 1 aromatic carbocycles. The molecule has 0 aliphatic heterocycles. The predicted molar refractivity (Wildman–Crippen MR) is 121 cm³/mol. The van der Waals surface area contributed by atoms with Crippen molar-refractivity contribution < 1.29 is 26.3 Å². The highest BCUT2D eigenvalue weighted by molar-refractivity contribution is 7.92. The van der Waals surface area contributed by atoms with E-state index in [-0.39, 0.29) is 34.9 Å². The Kier molecular flexibility index (Phi) is 7.75.